The van der Waals surface area contributed by atoms with Gasteiger partial charge in [0.1, 0.15) is 6.04 Å². The third kappa shape index (κ3) is 3.35. The van der Waals surface area contributed by atoms with E-state index in [1.165, 1.54) is 5.39 Å². The Kier molecular flexibility index (Phi) is 4.18. The standard InChI is InChI=1S/C16H18N2O/c1-3-10-17-16(19)12(2)18-15-9-8-13-6-4-5-7-14(13)11-15/h3-9,11-12,18H,1,10H2,2H3,(H,17,19). The second kappa shape index (κ2) is 6.05. The first-order valence-electron chi connectivity index (χ1n) is 6.34. The average molecular weight is 254 g/mol. The van der Waals surface area contributed by atoms with Crippen molar-refractivity contribution in [2.45, 2.75) is 13.0 Å². The Morgan fingerprint density at radius 1 is 1.26 bits per heavy atom. The van der Waals surface area contributed by atoms with Crippen molar-refractivity contribution in [1.82, 2.24) is 5.32 Å². The van der Waals surface area contributed by atoms with Gasteiger partial charge in [-0.15, -0.1) is 6.58 Å². The van der Waals surface area contributed by atoms with Crippen LogP contribution in [-0.2, 0) is 4.79 Å². The predicted molar refractivity (Wildman–Crippen MR) is 80.2 cm³/mol. The molecule has 2 rings (SSSR count). The zero-order valence-corrected chi connectivity index (χ0v) is 11.0. The molecule has 0 aromatic heterocycles. The van der Waals surface area contributed by atoms with Crippen LogP contribution in [0.15, 0.2) is 55.1 Å². The van der Waals surface area contributed by atoms with Crippen molar-refractivity contribution in [3.05, 3.63) is 55.1 Å². The van der Waals surface area contributed by atoms with Crippen molar-refractivity contribution < 1.29 is 4.79 Å². The van der Waals surface area contributed by atoms with Gasteiger partial charge in [-0.25, -0.2) is 0 Å². The van der Waals surface area contributed by atoms with Crippen molar-refractivity contribution in [2.75, 3.05) is 11.9 Å². The molecule has 0 aliphatic rings. The quantitative estimate of drug-likeness (QED) is 0.805. The van der Waals surface area contributed by atoms with Crippen LogP contribution >= 0.6 is 0 Å². The minimum absolute atomic E-state index is 0.0342. The van der Waals surface area contributed by atoms with Gasteiger partial charge in [-0.3, -0.25) is 4.79 Å². The lowest BCUT2D eigenvalue weighted by Crippen LogP contribution is -2.37. The summed E-state index contributed by atoms with van der Waals surface area (Å²) in [6.07, 6.45) is 1.67. The van der Waals surface area contributed by atoms with Gasteiger partial charge in [-0.2, -0.15) is 0 Å². The van der Waals surface area contributed by atoms with Gasteiger partial charge in [0.05, 0.1) is 0 Å². The maximum absolute atomic E-state index is 11.7. The maximum Gasteiger partial charge on any atom is 0.242 e. The molecule has 1 atom stereocenters. The summed E-state index contributed by atoms with van der Waals surface area (Å²) in [6.45, 7) is 5.90. The monoisotopic (exact) mass is 254 g/mol. The second-order valence-electron chi connectivity index (χ2n) is 4.46. The molecule has 3 heteroatoms. The molecule has 1 amide bonds. The molecule has 0 aliphatic carbocycles. The van der Waals surface area contributed by atoms with E-state index in [-0.39, 0.29) is 11.9 Å². The number of carbonyl (C=O) groups excluding carboxylic acids is 1. The molecule has 0 saturated heterocycles. The summed E-state index contributed by atoms with van der Waals surface area (Å²) in [5.74, 6) is -0.0342. The normalized spacial score (nSPS) is 11.8. The lowest BCUT2D eigenvalue weighted by Gasteiger charge is -2.15. The number of nitrogens with one attached hydrogen (secondary N) is 2. The van der Waals surface area contributed by atoms with Gasteiger partial charge in [0.25, 0.3) is 0 Å². The van der Waals surface area contributed by atoms with E-state index in [1.807, 2.05) is 37.3 Å². The first-order valence-corrected chi connectivity index (χ1v) is 6.34. The summed E-state index contributed by atoms with van der Waals surface area (Å²) >= 11 is 0. The van der Waals surface area contributed by atoms with Crippen LogP contribution in [0.1, 0.15) is 6.92 Å². The molecule has 2 N–H and O–H groups in total. The van der Waals surface area contributed by atoms with E-state index in [0.29, 0.717) is 6.54 Å². The third-order valence-corrected chi connectivity index (χ3v) is 2.95. The fraction of sp³-hybridized carbons (Fsp3) is 0.188. The van der Waals surface area contributed by atoms with Crippen molar-refractivity contribution in [3.63, 3.8) is 0 Å². The molecule has 0 radical (unpaired) electrons. The fourth-order valence-corrected chi connectivity index (χ4v) is 1.92. The Morgan fingerprint density at radius 3 is 2.74 bits per heavy atom. The van der Waals surface area contributed by atoms with E-state index < -0.39 is 0 Å². The number of hydrogen-bond donors (Lipinski definition) is 2. The first kappa shape index (κ1) is 13.1. The van der Waals surface area contributed by atoms with Gasteiger partial charge in [0, 0.05) is 12.2 Å². The lowest BCUT2D eigenvalue weighted by atomic mass is 10.1. The molecule has 0 heterocycles. The highest BCUT2D eigenvalue weighted by molar-refractivity contribution is 5.88. The van der Waals surface area contributed by atoms with E-state index in [1.54, 1.807) is 6.08 Å². The number of carbonyl (C=O) groups is 1. The molecular formula is C16H18N2O. The summed E-state index contributed by atoms with van der Waals surface area (Å²) in [6, 6.07) is 14.0. The molecule has 98 valence electrons. The van der Waals surface area contributed by atoms with Crippen LogP contribution in [0.4, 0.5) is 5.69 Å². The van der Waals surface area contributed by atoms with Crippen LogP contribution < -0.4 is 10.6 Å². The highest BCUT2D eigenvalue weighted by Crippen LogP contribution is 2.19. The first-order chi connectivity index (χ1) is 9.20. The summed E-state index contributed by atoms with van der Waals surface area (Å²) in [7, 11) is 0. The molecule has 19 heavy (non-hydrogen) atoms. The van der Waals surface area contributed by atoms with Crippen molar-refractivity contribution in [2.24, 2.45) is 0 Å². The molecule has 0 aliphatic heterocycles. The molecule has 3 nitrogen and oxygen atoms in total. The van der Waals surface area contributed by atoms with Crippen molar-refractivity contribution >= 4 is 22.4 Å². The van der Waals surface area contributed by atoms with Crippen LogP contribution in [0.3, 0.4) is 0 Å². The highest BCUT2D eigenvalue weighted by Gasteiger charge is 2.11. The summed E-state index contributed by atoms with van der Waals surface area (Å²) in [5.41, 5.74) is 0.944. The summed E-state index contributed by atoms with van der Waals surface area (Å²) in [5, 5.41) is 8.32. The van der Waals surface area contributed by atoms with Crippen molar-refractivity contribution in [3.8, 4) is 0 Å². The zero-order valence-electron chi connectivity index (χ0n) is 11.0. The van der Waals surface area contributed by atoms with E-state index in [2.05, 4.69) is 29.3 Å². The summed E-state index contributed by atoms with van der Waals surface area (Å²) in [4.78, 5) is 11.7. The topological polar surface area (TPSA) is 41.1 Å². The number of benzene rings is 2. The predicted octanol–water partition coefficient (Wildman–Crippen LogP) is 2.94. The molecule has 0 saturated carbocycles. The van der Waals surface area contributed by atoms with Crippen LogP contribution in [0.5, 0.6) is 0 Å². The van der Waals surface area contributed by atoms with Crippen LogP contribution in [0.25, 0.3) is 10.8 Å². The Morgan fingerprint density at radius 2 is 2.00 bits per heavy atom. The molecule has 2 aromatic rings. The number of anilines is 1. The van der Waals surface area contributed by atoms with Crippen LogP contribution in [-0.4, -0.2) is 18.5 Å². The van der Waals surface area contributed by atoms with E-state index in [4.69, 9.17) is 0 Å². The van der Waals surface area contributed by atoms with Gasteiger partial charge < -0.3 is 10.6 Å². The summed E-state index contributed by atoms with van der Waals surface area (Å²) < 4.78 is 0. The van der Waals surface area contributed by atoms with Gasteiger partial charge >= 0.3 is 0 Å². The van der Waals surface area contributed by atoms with Gasteiger partial charge in [0.15, 0.2) is 0 Å². The second-order valence-corrected chi connectivity index (χ2v) is 4.46. The molecule has 1 unspecified atom stereocenters. The van der Waals surface area contributed by atoms with Crippen LogP contribution in [0, 0.1) is 0 Å². The van der Waals surface area contributed by atoms with E-state index >= 15 is 0 Å². The Labute approximate surface area is 113 Å². The molecule has 0 bridgehead atoms. The number of rotatable bonds is 5. The fourth-order valence-electron chi connectivity index (χ4n) is 1.92. The Balaban J connectivity index is 2.08. The molecular weight excluding hydrogens is 236 g/mol. The SMILES string of the molecule is C=CCNC(=O)C(C)Nc1ccc2ccccc2c1. The number of fused-ring (bicyclic) bond motifs is 1. The largest absolute Gasteiger partial charge is 0.374 e. The highest BCUT2D eigenvalue weighted by atomic mass is 16.2. The van der Waals surface area contributed by atoms with Gasteiger partial charge in [-0.05, 0) is 29.8 Å². The maximum atomic E-state index is 11.7. The third-order valence-electron chi connectivity index (χ3n) is 2.95. The average Bonchev–Trinajstić information content (AvgIpc) is 2.44. The lowest BCUT2D eigenvalue weighted by molar-refractivity contribution is -0.121. The minimum atomic E-state index is -0.277. The smallest absolute Gasteiger partial charge is 0.242 e. The molecule has 0 spiro atoms. The Bertz CT molecular complexity index is 592. The molecule has 2 aromatic carbocycles. The molecule has 0 fully saturated rings. The van der Waals surface area contributed by atoms with Crippen molar-refractivity contribution in [1.29, 1.82) is 0 Å². The van der Waals surface area contributed by atoms with Crippen LogP contribution in [0.2, 0.25) is 0 Å². The van der Waals surface area contributed by atoms with Gasteiger partial charge in [-0.1, -0.05) is 36.4 Å². The van der Waals surface area contributed by atoms with Gasteiger partial charge in [0.2, 0.25) is 5.91 Å². The Hall–Kier alpha value is -2.29. The number of amides is 1. The zero-order chi connectivity index (χ0) is 13.7. The van der Waals surface area contributed by atoms with E-state index in [0.717, 1.165) is 11.1 Å². The number of hydrogen-bond acceptors (Lipinski definition) is 2. The minimum Gasteiger partial charge on any atom is -0.374 e. The van der Waals surface area contributed by atoms with E-state index in [9.17, 15) is 4.79 Å².